The maximum atomic E-state index is 12.5. The Labute approximate surface area is 156 Å². The molecule has 0 saturated carbocycles. The first-order valence-corrected chi connectivity index (χ1v) is 9.60. The summed E-state index contributed by atoms with van der Waals surface area (Å²) in [5.74, 6) is 0.863. The van der Waals surface area contributed by atoms with Crippen LogP contribution in [0.15, 0.2) is 36.4 Å². The summed E-state index contributed by atoms with van der Waals surface area (Å²) < 4.78 is 0. The van der Waals surface area contributed by atoms with Crippen molar-refractivity contribution in [3.8, 4) is 0 Å². The molecule has 0 aliphatic rings. The van der Waals surface area contributed by atoms with Crippen molar-refractivity contribution in [3.05, 3.63) is 52.0 Å². The Morgan fingerprint density at radius 1 is 1.31 bits per heavy atom. The normalized spacial score (nSPS) is 11.0. The lowest BCUT2D eigenvalue weighted by atomic mass is 10.3. The number of imidazole rings is 1. The lowest BCUT2D eigenvalue weighted by molar-refractivity contribution is 0.187. The second-order valence-electron chi connectivity index (χ2n) is 6.19. The van der Waals surface area contributed by atoms with E-state index >= 15 is 0 Å². The van der Waals surface area contributed by atoms with Crippen molar-refractivity contribution in [3.63, 3.8) is 0 Å². The molecule has 0 unspecified atom stereocenters. The third kappa shape index (κ3) is 4.83. The van der Waals surface area contributed by atoms with E-state index in [-0.39, 0.29) is 12.6 Å². The minimum atomic E-state index is -0.111. The summed E-state index contributed by atoms with van der Waals surface area (Å²) in [7, 11) is 0. The maximum absolute atomic E-state index is 12.5. The van der Waals surface area contributed by atoms with Gasteiger partial charge in [0.15, 0.2) is 0 Å². The predicted octanol–water partition coefficient (Wildman–Crippen LogP) is 3.07. The van der Waals surface area contributed by atoms with Crippen LogP contribution in [0.5, 0.6) is 0 Å². The number of rotatable bonds is 8. The maximum Gasteiger partial charge on any atom is 0.317 e. The van der Waals surface area contributed by atoms with Crippen LogP contribution in [0.2, 0.25) is 0 Å². The zero-order valence-electron chi connectivity index (χ0n) is 14.9. The van der Waals surface area contributed by atoms with Gasteiger partial charge in [0, 0.05) is 35.9 Å². The first kappa shape index (κ1) is 18.4. The first-order valence-electron chi connectivity index (χ1n) is 8.78. The van der Waals surface area contributed by atoms with Gasteiger partial charge >= 0.3 is 6.03 Å². The number of amides is 2. The fourth-order valence-corrected chi connectivity index (χ4v) is 3.70. The van der Waals surface area contributed by atoms with Gasteiger partial charge in [0.05, 0.1) is 17.6 Å². The number of aromatic nitrogens is 2. The van der Waals surface area contributed by atoms with Crippen LogP contribution in [-0.4, -0.2) is 45.7 Å². The van der Waals surface area contributed by atoms with Crippen molar-refractivity contribution in [2.45, 2.75) is 26.3 Å². The summed E-state index contributed by atoms with van der Waals surface area (Å²) in [4.78, 5) is 24.4. The van der Waals surface area contributed by atoms with Crippen LogP contribution in [0.1, 0.15) is 22.0 Å². The topological polar surface area (TPSA) is 81.2 Å². The molecule has 0 spiro atoms. The van der Waals surface area contributed by atoms with Crippen LogP contribution < -0.4 is 5.32 Å². The molecule has 3 rings (SSSR count). The van der Waals surface area contributed by atoms with Crippen LogP contribution in [0, 0.1) is 6.92 Å². The summed E-state index contributed by atoms with van der Waals surface area (Å²) in [5.41, 5.74) is 1.94. The number of aromatic amines is 1. The van der Waals surface area contributed by atoms with Gasteiger partial charge in [-0.2, -0.15) is 0 Å². The van der Waals surface area contributed by atoms with Gasteiger partial charge in [0.2, 0.25) is 0 Å². The summed E-state index contributed by atoms with van der Waals surface area (Å²) in [6.07, 6.45) is 1.22. The number of carbonyl (C=O) groups excluding carboxylic acids is 1. The minimum absolute atomic E-state index is 0.0756. The van der Waals surface area contributed by atoms with Crippen molar-refractivity contribution < 1.29 is 9.90 Å². The van der Waals surface area contributed by atoms with Crippen LogP contribution in [0.3, 0.4) is 0 Å². The van der Waals surface area contributed by atoms with Crippen molar-refractivity contribution in [1.82, 2.24) is 20.2 Å². The molecule has 0 bridgehead atoms. The highest BCUT2D eigenvalue weighted by Gasteiger charge is 2.14. The van der Waals surface area contributed by atoms with E-state index in [4.69, 9.17) is 5.11 Å². The van der Waals surface area contributed by atoms with Crippen LogP contribution in [-0.2, 0) is 13.0 Å². The molecule has 0 aliphatic heterocycles. The van der Waals surface area contributed by atoms with Crippen molar-refractivity contribution in [1.29, 1.82) is 0 Å². The Morgan fingerprint density at radius 3 is 2.88 bits per heavy atom. The Kier molecular flexibility index (Phi) is 6.25. The van der Waals surface area contributed by atoms with Gasteiger partial charge in [-0.25, -0.2) is 9.78 Å². The van der Waals surface area contributed by atoms with Crippen LogP contribution >= 0.6 is 11.3 Å². The zero-order chi connectivity index (χ0) is 18.4. The van der Waals surface area contributed by atoms with Crippen molar-refractivity contribution in [2.24, 2.45) is 0 Å². The number of para-hydroxylation sites is 2. The average molecular weight is 372 g/mol. The first-order chi connectivity index (χ1) is 12.7. The standard InChI is InChI=1S/C19H24N4O2S/c1-14-7-8-15(26-14)13-23(11-4-12-24)19(25)20-10-9-18-21-16-5-2-3-6-17(16)22-18/h2-3,5-8,24H,4,9-13H2,1H3,(H,20,25)(H,21,22). The smallest absolute Gasteiger partial charge is 0.317 e. The number of hydrogen-bond donors (Lipinski definition) is 3. The molecule has 0 atom stereocenters. The molecule has 0 aliphatic carbocycles. The Balaban J connectivity index is 1.54. The van der Waals surface area contributed by atoms with Gasteiger partial charge in [-0.05, 0) is 37.6 Å². The number of thiophene rings is 1. The quantitative estimate of drug-likeness (QED) is 0.568. The molecule has 26 heavy (non-hydrogen) atoms. The number of nitrogens with one attached hydrogen (secondary N) is 2. The Hall–Kier alpha value is -2.38. The molecular weight excluding hydrogens is 348 g/mol. The van der Waals surface area contributed by atoms with Crippen LogP contribution in [0.4, 0.5) is 4.79 Å². The second-order valence-corrected chi connectivity index (χ2v) is 7.57. The third-order valence-electron chi connectivity index (χ3n) is 4.09. The molecule has 2 amide bonds. The number of benzene rings is 1. The molecule has 2 heterocycles. The molecule has 0 saturated heterocycles. The monoisotopic (exact) mass is 372 g/mol. The Bertz CT molecular complexity index is 825. The minimum Gasteiger partial charge on any atom is -0.396 e. The number of aliphatic hydroxyl groups is 1. The number of aliphatic hydroxyl groups excluding tert-OH is 1. The van der Waals surface area contributed by atoms with E-state index < -0.39 is 0 Å². The molecule has 138 valence electrons. The fourth-order valence-electron chi connectivity index (χ4n) is 2.80. The largest absolute Gasteiger partial charge is 0.396 e. The van der Waals surface area contributed by atoms with E-state index in [1.165, 1.54) is 4.88 Å². The van der Waals surface area contributed by atoms with E-state index in [1.807, 2.05) is 30.3 Å². The molecule has 1 aromatic carbocycles. The molecule has 0 fully saturated rings. The molecule has 0 radical (unpaired) electrons. The fraction of sp³-hybridized carbons (Fsp3) is 0.368. The molecule has 7 heteroatoms. The Morgan fingerprint density at radius 2 is 2.15 bits per heavy atom. The van der Waals surface area contributed by atoms with Gasteiger partial charge in [-0.15, -0.1) is 11.3 Å². The number of aryl methyl sites for hydroxylation is 1. The predicted molar refractivity (Wildman–Crippen MR) is 104 cm³/mol. The summed E-state index contributed by atoms with van der Waals surface area (Å²) in [6, 6.07) is 11.9. The molecule has 3 N–H and O–H groups in total. The highest BCUT2D eigenvalue weighted by Crippen LogP contribution is 2.17. The van der Waals surface area contributed by atoms with E-state index in [0.717, 1.165) is 21.7 Å². The average Bonchev–Trinajstić information content (AvgIpc) is 3.23. The van der Waals surface area contributed by atoms with Gasteiger partial charge in [0.1, 0.15) is 5.82 Å². The highest BCUT2D eigenvalue weighted by molar-refractivity contribution is 7.11. The summed E-state index contributed by atoms with van der Waals surface area (Å²) >= 11 is 1.69. The molecule has 3 aromatic rings. The molecule has 6 nitrogen and oxygen atoms in total. The van der Waals surface area contributed by atoms with Crippen LogP contribution in [0.25, 0.3) is 11.0 Å². The van der Waals surface area contributed by atoms with E-state index in [1.54, 1.807) is 16.2 Å². The van der Waals surface area contributed by atoms with Gasteiger partial charge < -0.3 is 20.3 Å². The van der Waals surface area contributed by atoms with Gasteiger partial charge in [-0.1, -0.05) is 12.1 Å². The summed E-state index contributed by atoms with van der Waals surface area (Å²) in [5, 5.41) is 12.1. The third-order valence-corrected chi connectivity index (χ3v) is 5.08. The number of nitrogens with zero attached hydrogens (tertiary/aromatic N) is 2. The van der Waals surface area contributed by atoms with E-state index in [2.05, 4.69) is 28.3 Å². The summed E-state index contributed by atoms with van der Waals surface area (Å²) in [6.45, 7) is 3.74. The second kappa shape index (κ2) is 8.82. The van der Waals surface area contributed by atoms with E-state index in [0.29, 0.717) is 32.5 Å². The van der Waals surface area contributed by atoms with Gasteiger partial charge in [0.25, 0.3) is 0 Å². The lowest BCUT2D eigenvalue weighted by Crippen LogP contribution is -2.41. The number of fused-ring (bicyclic) bond motifs is 1. The van der Waals surface area contributed by atoms with Crippen molar-refractivity contribution in [2.75, 3.05) is 19.7 Å². The zero-order valence-corrected chi connectivity index (χ0v) is 15.7. The lowest BCUT2D eigenvalue weighted by Gasteiger charge is -2.22. The van der Waals surface area contributed by atoms with Crippen molar-refractivity contribution >= 4 is 28.4 Å². The SMILES string of the molecule is Cc1ccc(CN(CCCO)C(=O)NCCc2nc3ccccc3[nH]2)s1. The molecule has 2 aromatic heterocycles. The number of hydrogen-bond acceptors (Lipinski definition) is 4. The van der Waals surface area contributed by atoms with E-state index in [9.17, 15) is 4.79 Å². The van der Waals surface area contributed by atoms with Gasteiger partial charge in [-0.3, -0.25) is 0 Å². The number of carbonyl (C=O) groups is 1. The molecular formula is C19H24N4O2S. The number of urea groups is 1. The number of H-pyrrole nitrogens is 1. The highest BCUT2D eigenvalue weighted by atomic mass is 32.1.